The summed E-state index contributed by atoms with van der Waals surface area (Å²) >= 11 is 2.27. The maximum Gasteiger partial charge on any atom is 0.348 e. The van der Waals surface area contributed by atoms with Crippen LogP contribution in [0.15, 0.2) is 5.16 Å². The molecule has 10 nitrogen and oxygen atoms in total. The third-order valence-corrected chi connectivity index (χ3v) is 7.50. The van der Waals surface area contributed by atoms with Crippen LogP contribution in [0, 0.1) is 6.92 Å². The van der Waals surface area contributed by atoms with Gasteiger partial charge in [-0.15, -0.1) is 21.5 Å². The molecule has 2 aromatic rings. The molecule has 1 fully saturated rings. The molecule has 1 aliphatic rings. The van der Waals surface area contributed by atoms with Crippen LogP contribution >= 0.6 is 23.1 Å². The Labute approximate surface area is 213 Å². The first-order valence-corrected chi connectivity index (χ1v) is 13.5. The molecule has 1 aliphatic heterocycles. The van der Waals surface area contributed by atoms with Gasteiger partial charge in [-0.25, -0.2) is 9.59 Å². The fourth-order valence-corrected chi connectivity index (χ4v) is 5.59. The number of ether oxygens (including phenoxy) is 3. The fraction of sp³-hybridized carbons (Fsp3) is 0.609. The quantitative estimate of drug-likeness (QED) is 0.343. The van der Waals surface area contributed by atoms with Gasteiger partial charge in [0.15, 0.2) is 5.16 Å². The second kappa shape index (κ2) is 12.5. The van der Waals surface area contributed by atoms with Crippen molar-refractivity contribution in [3.8, 4) is 0 Å². The van der Waals surface area contributed by atoms with Gasteiger partial charge in [-0.3, -0.25) is 4.79 Å². The van der Waals surface area contributed by atoms with Crippen LogP contribution in [-0.2, 0) is 25.5 Å². The second-order valence-corrected chi connectivity index (χ2v) is 10.2. The Bertz CT molecular complexity index is 1060. The number of anilines is 1. The summed E-state index contributed by atoms with van der Waals surface area (Å²) in [7, 11) is 0. The molecule has 0 aliphatic carbocycles. The second-order valence-electron chi connectivity index (χ2n) is 8.28. The van der Waals surface area contributed by atoms with Gasteiger partial charge in [-0.05, 0) is 39.2 Å². The van der Waals surface area contributed by atoms with E-state index in [0.717, 1.165) is 36.6 Å². The van der Waals surface area contributed by atoms with Gasteiger partial charge in [0.1, 0.15) is 15.7 Å². The van der Waals surface area contributed by atoms with Gasteiger partial charge in [0.2, 0.25) is 5.91 Å². The lowest BCUT2D eigenvalue weighted by Gasteiger charge is -2.16. The molecule has 35 heavy (non-hydrogen) atoms. The number of aromatic nitrogens is 3. The van der Waals surface area contributed by atoms with Crippen LogP contribution in [0.5, 0.6) is 0 Å². The van der Waals surface area contributed by atoms with Crippen molar-refractivity contribution in [1.29, 1.82) is 0 Å². The van der Waals surface area contributed by atoms with E-state index in [2.05, 4.69) is 15.5 Å². The summed E-state index contributed by atoms with van der Waals surface area (Å²) in [6.07, 6.45) is 2.13. The number of hydrogen-bond acceptors (Lipinski definition) is 10. The topological polar surface area (TPSA) is 122 Å². The third kappa shape index (κ3) is 6.62. The smallest absolute Gasteiger partial charge is 0.348 e. The average molecular weight is 525 g/mol. The lowest BCUT2D eigenvalue weighted by Crippen LogP contribution is -2.19. The number of nitrogens with zero attached hydrogens (tertiary/aromatic N) is 3. The van der Waals surface area contributed by atoms with Crippen molar-refractivity contribution in [2.24, 2.45) is 0 Å². The molecular weight excluding hydrogens is 492 g/mol. The van der Waals surface area contributed by atoms with Crippen molar-refractivity contribution in [3.63, 3.8) is 0 Å². The van der Waals surface area contributed by atoms with Crippen LogP contribution in [-0.4, -0.2) is 64.3 Å². The van der Waals surface area contributed by atoms with E-state index >= 15 is 0 Å². The summed E-state index contributed by atoms with van der Waals surface area (Å²) in [5.74, 6) is -0.405. The van der Waals surface area contributed by atoms with E-state index in [-0.39, 0.29) is 52.3 Å². The van der Waals surface area contributed by atoms with Crippen molar-refractivity contribution in [3.05, 3.63) is 21.8 Å². The molecule has 12 heteroatoms. The van der Waals surface area contributed by atoms with Crippen LogP contribution < -0.4 is 5.32 Å². The highest BCUT2D eigenvalue weighted by Crippen LogP contribution is 2.34. The van der Waals surface area contributed by atoms with Crippen LogP contribution in [0.25, 0.3) is 0 Å². The fourth-order valence-electron chi connectivity index (χ4n) is 3.73. The number of esters is 2. The minimum atomic E-state index is -0.599. The van der Waals surface area contributed by atoms with Crippen molar-refractivity contribution in [2.45, 2.75) is 71.2 Å². The Morgan fingerprint density at radius 3 is 2.54 bits per heavy atom. The molecule has 3 heterocycles. The monoisotopic (exact) mass is 524 g/mol. The molecule has 0 radical (unpaired) electrons. The van der Waals surface area contributed by atoms with Crippen molar-refractivity contribution in [1.82, 2.24) is 14.8 Å². The summed E-state index contributed by atoms with van der Waals surface area (Å²) in [5.41, 5.74) is 0.592. The number of hydrogen-bond donors (Lipinski definition) is 1. The molecule has 1 unspecified atom stereocenters. The van der Waals surface area contributed by atoms with Gasteiger partial charge >= 0.3 is 11.9 Å². The number of carbonyl (C=O) groups excluding carboxylic acids is 3. The normalized spacial score (nSPS) is 15.4. The highest BCUT2D eigenvalue weighted by molar-refractivity contribution is 7.99. The van der Waals surface area contributed by atoms with E-state index < -0.39 is 11.9 Å². The first kappa shape index (κ1) is 27.2. The number of carbonyl (C=O) groups is 3. The molecule has 1 N–H and O–H groups in total. The molecule has 3 rings (SSSR count). The van der Waals surface area contributed by atoms with Gasteiger partial charge in [0.25, 0.3) is 0 Å². The first-order valence-electron chi connectivity index (χ1n) is 11.7. The van der Waals surface area contributed by atoms with Crippen molar-refractivity contribution < 1.29 is 28.6 Å². The minimum Gasteiger partial charge on any atom is -0.462 e. The molecule has 1 atom stereocenters. The van der Waals surface area contributed by atoms with E-state index in [1.807, 2.05) is 18.4 Å². The first-order chi connectivity index (χ1) is 16.8. The Kier molecular flexibility index (Phi) is 9.70. The maximum absolute atomic E-state index is 12.9. The zero-order valence-electron chi connectivity index (χ0n) is 20.7. The van der Waals surface area contributed by atoms with Gasteiger partial charge < -0.3 is 24.1 Å². The Morgan fingerprint density at radius 1 is 1.20 bits per heavy atom. The lowest BCUT2D eigenvalue weighted by atomic mass is 10.1. The number of thioether (sulfide) groups is 1. The molecule has 0 spiro atoms. The molecule has 0 bridgehead atoms. The summed E-state index contributed by atoms with van der Waals surface area (Å²) in [4.78, 5) is 38.0. The minimum absolute atomic E-state index is 0.0513. The Hall–Kier alpha value is -2.44. The highest BCUT2D eigenvalue weighted by Gasteiger charge is 2.28. The molecule has 192 valence electrons. The Morgan fingerprint density at radius 2 is 1.91 bits per heavy atom. The van der Waals surface area contributed by atoms with Crippen LogP contribution in [0.3, 0.4) is 0 Å². The van der Waals surface area contributed by atoms with E-state index in [1.54, 1.807) is 20.8 Å². The predicted octanol–water partition coefficient (Wildman–Crippen LogP) is 4.03. The van der Waals surface area contributed by atoms with Crippen LogP contribution in [0.2, 0.25) is 0 Å². The van der Waals surface area contributed by atoms with Crippen LogP contribution in [0.1, 0.15) is 77.9 Å². The van der Waals surface area contributed by atoms with Crippen LogP contribution in [0.4, 0.5) is 5.00 Å². The number of amides is 1. The number of thiophene rings is 1. The number of nitrogens with one attached hydrogen (secondary N) is 1. The molecule has 0 saturated carbocycles. The van der Waals surface area contributed by atoms with Gasteiger partial charge in [0, 0.05) is 12.5 Å². The SMILES string of the molecule is CCOC(=O)c1sc(NC(=O)CSc2nnc(C(C)C)n2CC2CCCO2)c(C(=O)OCC)c1C. The van der Waals surface area contributed by atoms with E-state index in [9.17, 15) is 14.4 Å². The zero-order chi connectivity index (χ0) is 25.5. The average Bonchev–Trinajstić information content (AvgIpc) is 3.53. The van der Waals surface area contributed by atoms with Crippen molar-refractivity contribution >= 4 is 45.9 Å². The summed E-state index contributed by atoms with van der Waals surface area (Å²) in [5, 5.41) is 12.3. The standard InChI is InChI=1S/C23H32N4O6S2/c1-6-31-21(29)17-14(5)18(22(30)32-7-2)35-20(17)24-16(28)12-34-23-26-25-19(13(3)4)27(23)11-15-9-8-10-33-15/h13,15H,6-12H2,1-5H3,(H,24,28). The highest BCUT2D eigenvalue weighted by atomic mass is 32.2. The largest absolute Gasteiger partial charge is 0.462 e. The summed E-state index contributed by atoms with van der Waals surface area (Å²) in [6.45, 7) is 10.9. The van der Waals surface area contributed by atoms with E-state index in [0.29, 0.717) is 17.3 Å². The van der Waals surface area contributed by atoms with Gasteiger partial charge in [-0.2, -0.15) is 0 Å². The molecule has 1 saturated heterocycles. The van der Waals surface area contributed by atoms with Gasteiger partial charge in [0.05, 0.1) is 37.2 Å². The zero-order valence-corrected chi connectivity index (χ0v) is 22.3. The maximum atomic E-state index is 12.9. The molecular formula is C23H32N4O6S2. The summed E-state index contributed by atoms with van der Waals surface area (Å²) < 4.78 is 18.0. The third-order valence-electron chi connectivity index (χ3n) is 5.34. The van der Waals surface area contributed by atoms with Crippen molar-refractivity contribution in [2.75, 3.05) is 30.9 Å². The van der Waals surface area contributed by atoms with E-state index in [1.165, 1.54) is 11.8 Å². The van der Waals surface area contributed by atoms with Gasteiger partial charge in [-0.1, -0.05) is 25.6 Å². The molecule has 0 aromatic carbocycles. The predicted molar refractivity (Wildman–Crippen MR) is 133 cm³/mol. The van der Waals surface area contributed by atoms with E-state index in [4.69, 9.17) is 14.2 Å². The molecule has 2 aromatic heterocycles. The summed E-state index contributed by atoms with van der Waals surface area (Å²) in [6, 6.07) is 0. The Balaban J connectivity index is 1.75. The number of rotatable bonds is 11. The lowest BCUT2D eigenvalue weighted by molar-refractivity contribution is -0.113. The molecule has 1 amide bonds.